The van der Waals surface area contributed by atoms with Crippen molar-refractivity contribution in [3.05, 3.63) is 65.9 Å². The number of nitriles is 1. The van der Waals surface area contributed by atoms with Crippen LogP contribution in [0.1, 0.15) is 42.5 Å². The van der Waals surface area contributed by atoms with E-state index in [1.165, 1.54) is 12.1 Å². The minimum atomic E-state index is -4.50. The van der Waals surface area contributed by atoms with Gasteiger partial charge in [-0.25, -0.2) is 0 Å². The number of rotatable bonds is 7. The normalized spacial score (nSPS) is 20.7. The van der Waals surface area contributed by atoms with Crippen molar-refractivity contribution in [3.63, 3.8) is 0 Å². The summed E-state index contributed by atoms with van der Waals surface area (Å²) in [7, 11) is 2.07. The van der Waals surface area contributed by atoms with Crippen LogP contribution in [-0.2, 0) is 23.9 Å². The molecule has 0 bridgehead atoms. The fourth-order valence-electron chi connectivity index (χ4n) is 7.04. The number of alkyl halides is 3. The number of carbonyl (C=O) groups is 1. The summed E-state index contributed by atoms with van der Waals surface area (Å²) in [5, 5.41) is 10.2. The molecule has 2 saturated heterocycles. The van der Waals surface area contributed by atoms with Crippen LogP contribution in [0.25, 0.3) is 10.8 Å². The van der Waals surface area contributed by atoms with Crippen LogP contribution in [0.3, 0.4) is 0 Å². The van der Waals surface area contributed by atoms with Crippen LogP contribution in [0.15, 0.2) is 49.1 Å². The van der Waals surface area contributed by atoms with Crippen LogP contribution in [-0.4, -0.2) is 84.1 Å². The maximum atomic E-state index is 14.2. The second-order valence-electron chi connectivity index (χ2n) is 12.2. The van der Waals surface area contributed by atoms with Gasteiger partial charge < -0.3 is 24.3 Å². The Kier molecular flexibility index (Phi) is 9.04. The van der Waals surface area contributed by atoms with Crippen LogP contribution in [0.5, 0.6) is 6.01 Å². The quantitative estimate of drug-likeness (QED) is 0.329. The van der Waals surface area contributed by atoms with Crippen molar-refractivity contribution in [2.45, 2.75) is 56.9 Å². The van der Waals surface area contributed by atoms with E-state index in [4.69, 9.17) is 14.7 Å². The summed E-state index contributed by atoms with van der Waals surface area (Å²) < 4.78 is 48.9. The number of amides is 1. The van der Waals surface area contributed by atoms with Crippen LogP contribution >= 0.6 is 0 Å². The number of hydrogen-bond acceptors (Lipinski definition) is 8. The zero-order valence-electron chi connectivity index (χ0n) is 26.0. The topological polar surface area (TPSA) is 88.8 Å². The number of likely N-dealkylation sites (N-methyl/N-ethyl adjacent to an activating group) is 1. The predicted octanol–water partition coefficient (Wildman–Crippen LogP) is 5.19. The lowest BCUT2D eigenvalue weighted by molar-refractivity contribution is -0.136. The molecule has 3 aliphatic rings. The van der Waals surface area contributed by atoms with Crippen molar-refractivity contribution in [3.8, 4) is 12.1 Å². The number of hydrogen-bond donors (Lipinski definition) is 0. The van der Waals surface area contributed by atoms with E-state index >= 15 is 0 Å². The lowest BCUT2D eigenvalue weighted by Gasteiger charge is -2.41. The van der Waals surface area contributed by atoms with Gasteiger partial charge in [0.2, 0.25) is 5.91 Å². The molecular weight excluding hydrogens is 595 g/mol. The van der Waals surface area contributed by atoms with Gasteiger partial charge in [-0.2, -0.15) is 28.4 Å². The molecule has 2 fully saturated rings. The highest BCUT2D eigenvalue weighted by Crippen LogP contribution is 2.41. The smallest absolute Gasteiger partial charge is 0.417 e. The summed E-state index contributed by atoms with van der Waals surface area (Å²) in [6.45, 7) is 7.17. The molecule has 242 valence electrons. The zero-order chi connectivity index (χ0) is 32.4. The molecule has 0 spiro atoms. The average molecular weight is 634 g/mol. The number of nitrogens with zero attached hydrogens (tertiary/aromatic N) is 7. The van der Waals surface area contributed by atoms with E-state index < -0.39 is 11.7 Å². The van der Waals surface area contributed by atoms with E-state index in [1.54, 1.807) is 29.2 Å². The minimum Gasteiger partial charge on any atom is -0.462 e. The third-order valence-electron chi connectivity index (χ3n) is 9.42. The Morgan fingerprint density at radius 1 is 1.09 bits per heavy atom. The highest BCUT2D eigenvalue weighted by atomic mass is 19.4. The van der Waals surface area contributed by atoms with E-state index in [9.17, 15) is 23.2 Å². The molecular formula is C34H38F3N7O2. The fraction of sp³-hybridized carbons (Fsp3) is 0.471. The molecule has 0 saturated carbocycles. The molecule has 3 aliphatic heterocycles. The summed E-state index contributed by atoms with van der Waals surface area (Å²) >= 11 is 0. The number of aromatic nitrogens is 2. The summed E-state index contributed by atoms with van der Waals surface area (Å²) in [6.07, 6.45) is 0.342. The first-order valence-corrected chi connectivity index (χ1v) is 15.8. The molecule has 1 aromatic heterocycles. The number of likely N-dealkylation sites (tertiary alicyclic amines) is 1. The van der Waals surface area contributed by atoms with Gasteiger partial charge >= 0.3 is 12.2 Å². The number of piperazine rings is 1. The monoisotopic (exact) mass is 633 g/mol. The zero-order valence-corrected chi connectivity index (χ0v) is 26.0. The summed E-state index contributed by atoms with van der Waals surface area (Å²) in [5.41, 5.74) is 1.48. The lowest BCUT2D eigenvalue weighted by atomic mass is 10.0. The van der Waals surface area contributed by atoms with Gasteiger partial charge in [0.25, 0.3) is 0 Å². The van der Waals surface area contributed by atoms with Crippen LogP contribution in [0.4, 0.5) is 24.7 Å². The van der Waals surface area contributed by atoms with E-state index in [0.717, 1.165) is 31.0 Å². The van der Waals surface area contributed by atoms with Gasteiger partial charge in [0.05, 0.1) is 36.3 Å². The highest BCUT2D eigenvalue weighted by molar-refractivity contribution is 5.97. The van der Waals surface area contributed by atoms with Gasteiger partial charge in [-0.3, -0.25) is 4.79 Å². The number of halogens is 3. The first-order valence-electron chi connectivity index (χ1n) is 15.8. The SMILES string of the molecule is C=CC(=O)N1CCN(c2nc(OC[C@@H]3CCCN3C)nc3c2CCCN(c2cccc4cccc(C(F)(F)F)c24)C3)C[C@@H]1CC#N. The first-order chi connectivity index (χ1) is 22.2. The van der Waals surface area contributed by atoms with Crippen molar-refractivity contribution < 1.29 is 22.7 Å². The molecule has 0 unspecified atom stereocenters. The summed E-state index contributed by atoms with van der Waals surface area (Å²) in [5.74, 6) is 0.485. The molecule has 2 aromatic carbocycles. The third kappa shape index (κ3) is 6.33. The number of ether oxygens (including phenoxy) is 1. The standard InChI is InChI=1S/C34H38F3N7O2/c1-3-30(45)44-19-18-43(20-24(44)14-15-38)32-26-11-7-17-42(21-28(26)39-33(40-32)46-22-25-10-6-16-41(25)2)29-13-5-9-23-8-4-12-27(31(23)29)34(35,36)37/h3-5,8-9,12-13,24-25H,1,6-7,10-11,14,16-22H2,2H3/t24-,25-/m0/s1. The van der Waals surface area contributed by atoms with Crippen molar-refractivity contribution >= 4 is 28.2 Å². The Labute approximate surface area is 266 Å². The van der Waals surface area contributed by atoms with Gasteiger partial charge in [-0.05, 0) is 62.9 Å². The lowest BCUT2D eigenvalue weighted by Crippen LogP contribution is -2.55. The van der Waals surface area contributed by atoms with Crippen molar-refractivity contribution in [2.24, 2.45) is 0 Å². The number of benzene rings is 2. The van der Waals surface area contributed by atoms with E-state index in [0.29, 0.717) is 68.2 Å². The minimum absolute atomic E-state index is 0.164. The second kappa shape index (κ2) is 13.2. The maximum Gasteiger partial charge on any atom is 0.417 e. The Balaban J connectivity index is 1.39. The largest absolute Gasteiger partial charge is 0.462 e. The molecule has 0 N–H and O–H groups in total. The summed E-state index contributed by atoms with van der Waals surface area (Å²) in [4.78, 5) is 30.4. The first kappa shape index (κ1) is 31.6. The van der Waals surface area contributed by atoms with Crippen molar-refractivity contribution in [2.75, 3.05) is 56.2 Å². The molecule has 46 heavy (non-hydrogen) atoms. The maximum absolute atomic E-state index is 14.2. The van der Waals surface area contributed by atoms with Gasteiger partial charge in [-0.1, -0.05) is 30.8 Å². The summed E-state index contributed by atoms with van der Waals surface area (Å²) in [6, 6.07) is 11.9. The molecule has 4 heterocycles. The highest BCUT2D eigenvalue weighted by Gasteiger charge is 2.36. The van der Waals surface area contributed by atoms with Gasteiger partial charge in [-0.15, -0.1) is 0 Å². The Bertz CT molecular complexity index is 1650. The number of fused-ring (bicyclic) bond motifs is 2. The van der Waals surface area contributed by atoms with E-state index in [2.05, 4.69) is 29.5 Å². The third-order valence-corrected chi connectivity index (χ3v) is 9.42. The Morgan fingerprint density at radius 3 is 2.61 bits per heavy atom. The van der Waals surface area contributed by atoms with Crippen LogP contribution in [0.2, 0.25) is 0 Å². The van der Waals surface area contributed by atoms with Crippen LogP contribution < -0.4 is 14.5 Å². The van der Waals surface area contributed by atoms with E-state index in [1.807, 2.05) is 4.90 Å². The molecule has 0 aliphatic carbocycles. The number of anilines is 2. The Morgan fingerprint density at radius 2 is 1.89 bits per heavy atom. The van der Waals surface area contributed by atoms with Gasteiger partial charge in [0, 0.05) is 48.9 Å². The molecule has 2 atom stereocenters. The van der Waals surface area contributed by atoms with Crippen LogP contribution in [0, 0.1) is 11.3 Å². The molecule has 9 nitrogen and oxygen atoms in total. The molecule has 3 aromatic rings. The molecule has 0 radical (unpaired) electrons. The molecule has 6 rings (SSSR count). The van der Waals surface area contributed by atoms with Crippen molar-refractivity contribution in [1.82, 2.24) is 19.8 Å². The molecule has 1 amide bonds. The van der Waals surface area contributed by atoms with E-state index in [-0.39, 0.29) is 42.4 Å². The average Bonchev–Trinajstić information content (AvgIpc) is 3.34. The Hall–Kier alpha value is -4.37. The fourth-order valence-corrected chi connectivity index (χ4v) is 7.04. The second-order valence-corrected chi connectivity index (χ2v) is 12.2. The van der Waals surface area contributed by atoms with Gasteiger partial charge in [0.1, 0.15) is 12.4 Å². The van der Waals surface area contributed by atoms with Crippen molar-refractivity contribution in [1.29, 1.82) is 5.26 Å². The molecule has 12 heteroatoms. The predicted molar refractivity (Wildman–Crippen MR) is 170 cm³/mol. The van der Waals surface area contributed by atoms with Gasteiger partial charge in [0.15, 0.2) is 0 Å². The number of carbonyl (C=O) groups excluding carboxylic acids is 1.